The summed E-state index contributed by atoms with van der Waals surface area (Å²) in [6, 6.07) is 11.4. The third kappa shape index (κ3) is 2.66. The molecule has 2 aromatic rings. The first-order valence-electron chi connectivity index (χ1n) is 5.68. The van der Waals surface area contributed by atoms with Crippen molar-refractivity contribution in [2.24, 2.45) is 7.05 Å². The summed E-state index contributed by atoms with van der Waals surface area (Å²) in [6.45, 7) is 3.47. The van der Waals surface area contributed by atoms with Crippen LogP contribution in [0.25, 0.3) is 0 Å². The zero-order chi connectivity index (χ0) is 13.0. The number of hydrogen-bond donors (Lipinski definition) is 1. The summed E-state index contributed by atoms with van der Waals surface area (Å²) in [5.41, 5.74) is 1.80. The third-order valence-electron chi connectivity index (χ3n) is 2.63. The van der Waals surface area contributed by atoms with Gasteiger partial charge in [-0.15, -0.1) is 0 Å². The minimum Gasteiger partial charge on any atom is -0.340 e. The molecule has 0 radical (unpaired) electrons. The number of amides is 1. The Labute approximate surface area is 106 Å². The lowest BCUT2D eigenvalue weighted by atomic mass is 10.0. The van der Waals surface area contributed by atoms with E-state index in [9.17, 15) is 4.79 Å². The Hall–Kier alpha value is -2.36. The average Bonchev–Trinajstić information content (AvgIpc) is 2.83. The van der Waals surface area contributed by atoms with Crippen LogP contribution in [-0.4, -0.2) is 15.7 Å². The van der Waals surface area contributed by atoms with E-state index < -0.39 is 0 Å². The van der Waals surface area contributed by atoms with Crippen LogP contribution in [0.5, 0.6) is 0 Å². The number of benzene rings is 1. The maximum absolute atomic E-state index is 11.5. The zero-order valence-electron chi connectivity index (χ0n) is 10.2. The van der Waals surface area contributed by atoms with Gasteiger partial charge in [-0.3, -0.25) is 9.48 Å². The summed E-state index contributed by atoms with van der Waals surface area (Å²) in [7, 11) is 1.85. The topological polar surface area (TPSA) is 46.9 Å². The molecule has 0 fully saturated rings. The van der Waals surface area contributed by atoms with Crippen molar-refractivity contribution < 1.29 is 4.79 Å². The lowest BCUT2D eigenvalue weighted by Crippen LogP contribution is -2.28. The van der Waals surface area contributed by atoms with E-state index in [2.05, 4.69) is 17.0 Å². The minimum absolute atomic E-state index is 0.213. The summed E-state index contributed by atoms with van der Waals surface area (Å²) >= 11 is 0. The molecule has 1 heterocycles. The quantitative estimate of drug-likeness (QED) is 0.830. The number of nitrogens with zero attached hydrogens (tertiary/aromatic N) is 2. The molecule has 1 atom stereocenters. The second-order valence-corrected chi connectivity index (χ2v) is 3.97. The van der Waals surface area contributed by atoms with Gasteiger partial charge in [-0.2, -0.15) is 5.10 Å². The van der Waals surface area contributed by atoms with Gasteiger partial charge in [-0.25, -0.2) is 0 Å². The standard InChI is InChI=1S/C14H15N3O/c1-3-13(18)15-14(11-7-5-4-6-8-11)12-9-10-17(2)16-12/h3-10,14H,1H2,2H3,(H,15,18). The van der Waals surface area contributed by atoms with E-state index >= 15 is 0 Å². The van der Waals surface area contributed by atoms with Crippen molar-refractivity contribution in [1.82, 2.24) is 15.1 Å². The molecule has 92 valence electrons. The van der Waals surface area contributed by atoms with Crippen molar-refractivity contribution in [3.8, 4) is 0 Å². The van der Waals surface area contributed by atoms with Gasteiger partial charge in [0.2, 0.25) is 5.91 Å². The summed E-state index contributed by atoms with van der Waals surface area (Å²) in [5.74, 6) is -0.213. The third-order valence-corrected chi connectivity index (χ3v) is 2.63. The van der Waals surface area contributed by atoms with Gasteiger partial charge in [0.05, 0.1) is 11.7 Å². The largest absolute Gasteiger partial charge is 0.340 e. The van der Waals surface area contributed by atoms with E-state index in [1.54, 1.807) is 4.68 Å². The molecule has 4 nitrogen and oxygen atoms in total. The summed E-state index contributed by atoms with van der Waals surface area (Å²) in [4.78, 5) is 11.5. The van der Waals surface area contributed by atoms with E-state index in [4.69, 9.17) is 0 Å². The zero-order valence-corrected chi connectivity index (χ0v) is 10.2. The lowest BCUT2D eigenvalue weighted by Gasteiger charge is -2.16. The van der Waals surface area contributed by atoms with Crippen LogP contribution in [0.3, 0.4) is 0 Å². The average molecular weight is 241 g/mol. The first-order chi connectivity index (χ1) is 8.70. The fourth-order valence-electron chi connectivity index (χ4n) is 1.76. The summed E-state index contributed by atoms with van der Waals surface area (Å²) in [5, 5.41) is 7.22. The minimum atomic E-state index is -0.252. The molecule has 0 saturated carbocycles. The van der Waals surface area contributed by atoms with Gasteiger partial charge in [0.1, 0.15) is 0 Å². The maximum atomic E-state index is 11.5. The fraction of sp³-hybridized carbons (Fsp3) is 0.143. The van der Waals surface area contributed by atoms with Crippen LogP contribution in [0.2, 0.25) is 0 Å². The monoisotopic (exact) mass is 241 g/mol. The van der Waals surface area contributed by atoms with Crippen LogP contribution < -0.4 is 5.32 Å². The molecule has 0 aliphatic carbocycles. The molecule has 2 rings (SSSR count). The predicted octanol–water partition coefficient (Wildman–Crippen LogP) is 1.81. The second-order valence-electron chi connectivity index (χ2n) is 3.97. The number of rotatable bonds is 4. The van der Waals surface area contributed by atoms with Crippen LogP contribution in [0, 0.1) is 0 Å². The molecule has 4 heteroatoms. The highest BCUT2D eigenvalue weighted by atomic mass is 16.1. The van der Waals surface area contributed by atoms with Crippen molar-refractivity contribution in [3.63, 3.8) is 0 Å². The molecule has 0 spiro atoms. The van der Waals surface area contributed by atoms with Crippen LogP contribution in [0.4, 0.5) is 0 Å². The number of aryl methyl sites for hydroxylation is 1. The van der Waals surface area contributed by atoms with Gasteiger partial charge in [0.25, 0.3) is 0 Å². The molecule has 0 aliphatic heterocycles. The Kier molecular flexibility index (Phi) is 3.57. The van der Waals surface area contributed by atoms with Crippen molar-refractivity contribution >= 4 is 5.91 Å². The predicted molar refractivity (Wildman–Crippen MR) is 69.8 cm³/mol. The molecule has 1 N–H and O–H groups in total. The Morgan fingerprint density at radius 1 is 1.39 bits per heavy atom. The van der Waals surface area contributed by atoms with Crippen LogP contribution in [0.15, 0.2) is 55.3 Å². The molecular weight excluding hydrogens is 226 g/mol. The van der Waals surface area contributed by atoms with Gasteiger partial charge in [0, 0.05) is 13.2 Å². The highest BCUT2D eigenvalue weighted by Crippen LogP contribution is 2.20. The molecule has 0 aliphatic rings. The Morgan fingerprint density at radius 3 is 2.67 bits per heavy atom. The number of carbonyl (C=O) groups excluding carboxylic acids is 1. The molecule has 0 bridgehead atoms. The highest BCUT2D eigenvalue weighted by molar-refractivity contribution is 5.87. The van der Waals surface area contributed by atoms with Crippen molar-refractivity contribution in [2.75, 3.05) is 0 Å². The van der Waals surface area contributed by atoms with Crippen molar-refractivity contribution in [1.29, 1.82) is 0 Å². The van der Waals surface area contributed by atoms with Gasteiger partial charge >= 0.3 is 0 Å². The Balaban J connectivity index is 2.34. The Bertz CT molecular complexity index is 545. The van der Waals surface area contributed by atoms with E-state index in [0.717, 1.165) is 11.3 Å². The SMILES string of the molecule is C=CC(=O)NC(c1ccccc1)c1ccn(C)n1. The molecule has 1 amide bonds. The maximum Gasteiger partial charge on any atom is 0.244 e. The fourth-order valence-corrected chi connectivity index (χ4v) is 1.76. The molecule has 1 aromatic carbocycles. The summed E-state index contributed by atoms with van der Waals surface area (Å²) in [6.07, 6.45) is 3.12. The first kappa shape index (κ1) is 12.1. The highest BCUT2D eigenvalue weighted by Gasteiger charge is 2.17. The first-order valence-corrected chi connectivity index (χ1v) is 5.68. The molecular formula is C14H15N3O. The van der Waals surface area contributed by atoms with Gasteiger partial charge in [-0.1, -0.05) is 36.9 Å². The lowest BCUT2D eigenvalue weighted by molar-refractivity contribution is -0.117. The molecule has 0 saturated heterocycles. The van der Waals surface area contributed by atoms with Gasteiger partial charge < -0.3 is 5.32 Å². The number of hydrogen-bond acceptors (Lipinski definition) is 2. The second kappa shape index (κ2) is 5.31. The normalized spacial score (nSPS) is 11.8. The molecule has 18 heavy (non-hydrogen) atoms. The molecule has 1 aromatic heterocycles. The van der Waals surface area contributed by atoms with E-state index in [1.165, 1.54) is 6.08 Å². The van der Waals surface area contributed by atoms with E-state index in [-0.39, 0.29) is 11.9 Å². The van der Waals surface area contributed by atoms with Gasteiger partial charge in [0.15, 0.2) is 0 Å². The van der Waals surface area contributed by atoms with Crippen LogP contribution >= 0.6 is 0 Å². The van der Waals surface area contributed by atoms with Gasteiger partial charge in [-0.05, 0) is 17.7 Å². The Morgan fingerprint density at radius 2 is 2.11 bits per heavy atom. The number of carbonyl (C=O) groups is 1. The molecule has 1 unspecified atom stereocenters. The van der Waals surface area contributed by atoms with Crippen LogP contribution in [-0.2, 0) is 11.8 Å². The van der Waals surface area contributed by atoms with Crippen LogP contribution in [0.1, 0.15) is 17.3 Å². The number of aromatic nitrogens is 2. The van der Waals surface area contributed by atoms with Crippen molar-refractivity contribution in [3.05, 3.63) is 66.5 Å². The number of nitrogens with one attached hydrogen (secondary N) is 1. The smallest absolute Gasteiger partial charge is 0.244 e. The summed E-state index contributed by atoms with van der Waals surface area (Å²) < 4.78 is 1.71. The van der Waals surface area contributed by atoms with E-state index in [1.807, 2.05) is 49.6 Å². The van der Waals surface area contributed by atoms with Crippen molar-refractivity contribution in [2.45, 2.75) is 6.04 Å². The van der Waals surface area contributed by atoms with E-state index in [0.29, 0.717) is 0 Å².